The molecule has 2 nitrogen and oxygen atoms in total. The zero-order valence-electron chi connectivity index (χ0n) is 7.42. The Morgan fingerprint density at radius 3 is 2.79 bits per heavy atom. The van der Waals surface area contributed by atoms with Crippen LogP contribution in [0.3, 0.4) is 0 Å². The highest BCUT2D eigenvalue weighted by atomic mass is 35.5. The van der Waals surface area contributed by atoms with E-state index in [1.807, 2.05) is 12.1 Å². The average molecular weight is 228 g/mol. The fraction of sp³-hybridized carbons (Fsp3) is 0.100. The van der Waals surface area contributed by atoms with E-state index in [4.69, 9.17) is 27.9 Å². The molecule has 2 aromatic rings. The first-order valence-corrected chi connectivity index (χ1v) is 4.76. The zero-order chi connectivity index (χ0) is 10.1. The molecule has 0 radical (unpaired) electrons. The molecule has 0 fully saturated rings. The van der Waals surface area contributed by atoms with Crippen molar-refractivity contribution >= 4 is 34.1 Å². The first-order chi connectivity index (χ1) is 6.74. The van der Waals surface area contributed by atoms with Crippen LogP contribution in [-0.2, 0) is 0 Å². The molecule has 4 heteroatoms. The quantitative estimate of drug-likeness (QED) is 0.744. The van der Waals surface area contributed by atoms with Crippen molar-refractivity contribution in [3.63, 3.8) is 0 Å². The molecule has 0 unspecified atom stereocenters. The molecule has 72 valence electrons. The number of rotatable bonds is 1. The lowest BCUT2D eigenvalue weighted by Gasteiger charge is -2.07. The third-order valence-electron chi connectivity index (χ3n) is 1.95. The fourth-order valence-corrected chi connectivity index (χ4v) is 1.93. The SMILES string of the molecule is COc1c(Cl)cc(Cl)c2cccnc12. The van der Waals surface area contributed by atoms with Crippen molar-refractivity contribution in [2.75, 3.05) is 7.11 Å². The molecule has 0 saturated heterocycles. The summed E-state index contributed by atoms with van der Waals surface area (Å²) in [4.78, 5) is 4.18. The second-order valence-electron chi connectivity index (χ2n) is 2.77. The number of nitrogens with zero attached hydrogens (tertiary/aromatic N) is 1. The fourth-order valence-electron chi connectivity index (χ4n) is 1.34. The Balaban J connectivity index is 2.90. The normalized spacial score (nSPS) is 10.5. The van der Waals surface area contributed by atoms with Crippen LogP contribution < -0.4 is 4.74 Å². The smallest absolute Gasteiger partial charge is 0.163 e. The van der Waals surface area contributed by atoms with Crippen molar-refractivity contribution in [2.45, 2.75) is 0 Å². The predicted octanol–water partition coefficient (Wildman–Crippen LogP) is 3.55. The van der Waals surface area contributed by atoms with Gasteiger partial charge in [-0.05, 0) is 18.2 Å². The van der Waals surface area contributed by atoms with Gasteiger partial charge in [-0.15, -0.1) is 0 Å². The van der Waals surface area contributed by atoms with Crippen LogP contribution in [-0.4, -0.2) is 12.1 Å². The Kier molecular flexibility index (Phi) is 2.48. The molecule has 0 aliphatic rings. The number of hydrogen-bond donors (Lipinski definition) is 0. The van der Waals surface area contributed by atoms with Gasteiger partial charge < -0.3 is 4.74 Å². The number of halogens is 2. The van der Waals surface area contributed by atoms with E-state index in [1.165, 1.54) is 0 Å². The molecule has 0 bridgehead atoms. The molecule has 0 aliphatic heterocycles. The summed E-state index contributed by atoms with van der Waals surface area (Å²) in [7, 11) is 1.56. The molecule has 0 N–H and O–H groups in total. The predicted molar refractivity (Wildman–Crippen MR) is 58.3 cm³/mol. The van der Waals surface area contributed by atoms with Crippen LogP contribution in [0.5, 0.6) is 5.75 Å². The summed E-state index contributed by atoms with van der Waals surface area (Å²) in [5.74, 6) is 0.562. The Hall–Kier alpha value is -0.990. The summed E-state index contributed by atoms with van der Waals surface area (Å²) in [5.41, 5.74) is 0.688. The van der Waals surface area contributed by atoms with Crippen LogP contribution in [0, 0.1) is 0 Å². The van der Waals surface area contributed by atoms with Gasteiger partial charge in [0.05, 0.1) is 17.2 Å². The van der Waals surface area contributed by atoms with Crippen molar-refractivity contribution in [2.24, 2.45) is 0 Å². The number of hydrogen-bond acceptors (Lipinski definition) is 2. The number of aromatic nitrogens is 1. The molecule has 2 rings (SSSR count). The van der Waals surface area contributed by atoms with E-state index in [0.717, 1.165) is 5.39 Å². The molecule has 0 atom stereocenters. The van der Waals surface area contributed by atoms with Gasteiger partial charge in [0.25, 0.3) is 0 Å². The van der Waals surface area contributed by atoms with E-state index in [1.54, 1.807) is 19.4 Å². The highest BCUT2D eigenvalue weighted by Crippen LogP contribution is 2.36. The molecule has 0 spiro atoms. The lowest BCUT2D eigenvalue weighted by atomic mass is 10.2. The van der Waals surface area contributed by atoms with E-state index >= 15 is 0 Å². The number of benzene rings is 1. The van der Waals surface area contributed by atoms with Crippen LogP contribution in [0.1, 0.15) is 0 Å². The van der Waals surface area contributed by atoms with E-state index in [0.29, 0.717) is 21.3 Å². The van der Waals surface area contributed by atoms with Crippen molar-refractivity contribution in [3.8, 4) is 5.75 Å². The minimum Gasteiger partial charge on any atom is -0.493 e. The highest BCUT2D eigenvalue weighted by Gasteiger charge is 2.10. The summed E-state index contributed by atoms with van der Waals surface area (Å²) >= 11 is 12.0. The maximum absolute atomic E-state index is 6.01. The molecule has 14 heavy (non-hydrogen) atoms. The van der Waals surface area contributed by atoms with Crippen molar-refractivity contribution in [3.05, 3.63) is 34.4 Å². The molecule has 0 amide bonds. The van der Waals surface area contributed by atoms with E-state index in [2.05, 4.69) is 4.98 Å². The molecule has 1 heterocycles. The van der Waals surface area contributed by atoms with Crippen molar-refractivity contribution in [1.82, 2.24) is 4.98 Å². The Morgan fingerprint density at radius 1 is 1.29 bits per heavy atom. The van der Waals surface area contributed by atoms with Gasteiger partial charge in [-0.3, -0.25) is 4.98 Å². The van der Waals surface area contributed by atoms with Gasteiger partial charge in [0.1, 0.15) is 5.52 Å². The summed E-state index contributed by atoms with van der Waals surface area (Å²) < 4.78 is 5.16. The summed E-state index contributed by atoms with van der Waals surface area (Å²) in [5, 5.41) is 1.90. The van der Waals surface area contributed by atoms with Gasteiger partial charge in [0.2, 0.25) is 0 Å². The van der Waals surface area contributed by atoms with Gasteiger partial charge in [-0.1, -0.05) is 23.2 Å². The topological polar surface area (TPSA) is 22.1 Å². The van der Waals surface area contributed by atoms with Crippen LogP contribution in [0.4, 0.5) is 0 Å². The lowest BCUT2D eigenvalue weighted by molar-refractivity contribution is 0.419. The van der Waals surface area contributed by atoms with Crippen LogP contribution in [0.2, 0.25) is 10.0 Å². The molecular formula is C10H7Cl2NO. The second kappa shape index (κ2) is 3.64. The monoisotopic (exact) mass is 227 g/mol. The number of pyridine rings is 1. The summed E-state index contributed by atoms with van der Waals surface area (Å²) in [6, 6.07) is 5.36. The summed E-state index contributed by atoms with van der Waals surface area (Å²) in [6.45, 7) is 0. The van der Waals surface area contributed by atoms with Crippen molar-refractivity contribution in [1.29, 1.82) is 0 Å². The average Bonchev–Trinajstić information content (AvgIpc) is 2.18. The molecule has 1 aromatic heterocycles. The standard InChI is InChI=1S/C10H7Cl2NO/c1-14-10-8(12)5-7(11)6-3-2-4-13-9(6)10/h2-5H,1H3. The maximum atomic E-state index is 6.01. The van der Waals surface area contributed by atoms with Crippen LogP contribution in [0.25, 0.3) is 10.9 Å². The van der Waals surface area contributed by atoms with Gasteiger partial charge >= 0.3 is 0 Å². The second-order valence-corrected chi connectivity index (χ2v) is 3.59. The number of ether oxygens (including phenoxy) is 1. The first kappa shape index (κ1) is 9.56. The maximum Gasteiger partial charge on any atom is 0.163 e. The lowest BCUT2D eigenvalue weighted by Crippen LogP contribution is -1.89. The number of methoxy groups -OCH3 is 1. The van der Waals surface area contributed by atoms with Gasteiger partial charge in [-0.25, -0.2) is 0 Å². The molecule has 0 aliphatic carbocycles. The third-order valence-corrected chi connectivity index (χ3v) is 2.55. The minimum absolute atomic E-state index is 0.476. The zero-order valence-corrected chi connectivity index (χ0v) is 8.93. The largest absolute Gasteiger partial charge is 0.493 e. The molecular weight excluding hydrogens is 221 g/mol. The van der Waals surface area contributed by atoms with E-state index in [-0.39, 0.29) is 0 Å². The first-order valence-electron chi connectivity index (χ1n) is 4.00. The third kappa shape index (κ3) is 1.41. The summed E-state index contributed by atoms with van der Waals surface area (Å²) in [6.07, 6.45) is 1.68. The Labute approximate surface area is 91.4 Å². The molecule has 0 saturated carbocycles. The van der Waals surface area contributed by atoms with E-state index < -0.39 is 0 Å². The number of fused-ring (bicyclic) bond motifs is 1. The Bertz CT molecular complexity index is 485. The minimum atomic E-state index is 0.476. The van der Waals surface area contributed by atoms with Crippen LogP contribution >= 0.6 is 23.2 Å². The van der Waals surface area contributed by atoms with Crippen molar-refractivity contribution < 1.29 is 4.74 Å². The van der Waals surface area contributed by atoms with Gasteiger partial charge in [0.15, 0.2) is 5.75 Å². The van der Waals surface area contributed by atoms with Gasteiger partial charge in [0, 0.05) is 11.6 Å². The van der Waals surface area contributed by atoms with Crippen LogP contribution in [0.15, 0.2) is 24.4 Å². The Morgan fingerprint density at radius 2 is 2.07 bits per heavy atom. The van der Waals surface area contributed by atoms with Gasteiger partial charge in [-0.2, -0.15) is 0 Å². The highest BCUT2D eigenvalue weighted by molar-refractivity contribution is 6.39. The van der Waals surface area contributed by atoms with E-state index in [9.17, 15) is 0 Å². The molecule has 1 aromatic carbocycles.